The molecule has 1 heterocycles. The summed E-state index contributed by atoms with van der Waals surface area (Å²) in [6.07, 6.45) is 0. The molecule has 1 aromatic heterocycles. The second-order valence-electron chi connectivity index (χ2n) is 4.33. The maximum absolute atomic E-state index is 13.9. The molecular formula is C14H7BrCl2FIN2. The van der Waals surface area contributed by atoms with Crippen LogP contribution in [0.3, 0.4) is 0 Å². The summed E-state index contributed by atoms with van der Waals surface area (Å²) < 4.78 is 17.0. The van der Waals surface area contributed by atoms with Crippen LogP contribution in [0, 0.1) is 9.39 Å². The summed E-state index contributed by atoms with van der Waals surface area (Å²) >= 11 is 17.6. The molecule has 0 aliphatic rings. The van der Waals surface area contributed by atoms with Gasteiger partial charge in [0.25, 0.3) is 0 Å². The van der Waals surface area contributed by atoms with Gasteiger partial charge in [-0.05, 0) is 56.7 Å². The van der Waals surface area contributed by atoms with Crippen molar-refractivity contribution in [2.45, 2.75) is 5.88 Å². The molecule has 3 aromatic rings. The largest absolute Gasteiger partial charge is 0.294 e. The zero-order valence-corrected chi connectivity index (χ0v) is 15.6. The summed E-state index contributed by atoms with van der Waals surface area (Å²) in [6, 6.07) is 8.65. The van der Waals surface area contributed by atoms with E-state index in [1.165, 1.54) is 6.07 Å². The Morgan fingerprint density at radius 1 is 1.33 bits per heavy atom. The van der Waals surface area contributed by atoms with Crippen molar-refractivity contribution in [2.75, 3.05) is 0 Å². The Labute approximate surface area is 152 Å². The minimum atomic E-state index is -0.288. The Balaban J connectivity index is 2.40. The molecule has 7 heteroatoms. The number of aromatic nitrogens is 2. The van der Waals surface area contributed by atoms with Gasteiger partial charge in [-0.25, -0.2) is 9.37 Å². The lowest BCUT2D eigenvalue weighted by atomic mass is 10.2. The van der Waals surface area contributed by atoms with Crippen molar-refractivity contribution < 1.29 is 4.39 Å². The SMILES string of the molecule is Fc1cc2c(cc1I)nc(CCl)n2-c1cccc(Cl)c1Br. The van der Waals surface area contributed by atoms with Gasteiger partial charge in [0.15, 0.2) is 0 Å². The van der Waals surface area contributed by atoms with E-state index in [9.17, 15) is 4.39 Å². The van der Waals surface area contributed by atoms with Crippen molar-refractivity contribution in [3.05, 3.63) is 55.0 Å². The van der Waals surface area contributed by atoms with E-state index >= 15 is 0 Å². The number of halogens is 5. The first-order chi connectivity index (χ1) is 10.0. The molecule has 0 fully saturated rings. The van der Waals surface area contributed by atoms with Gasteiger partial charge < -0.3 is 0 Å². The molecule has 0 aliphatic heterocycles. The Bertz CT molecular complexity index is 851. The lowest BCUT2D eigenvalue weighted by molar-refractivity contribution is 0.622. The first-order valence-corrected chi connectivity index (χ1v) is 8.68. The number of hydrogen-bond acceptors (Lipinski definition) is 1. The fraction of sp³-hybridized carbons (Fsp3) is 0.0714. The molecule has 108 valence electrons. The third-order valence-electron chi connectivity index (χ3n) is 3.06. The van der Waals surface area contributed by atoms with E-state index in [1.54, 1.807) is 12.1 Å². The van der Waals surface area contributed by atoms with Gasteiger partial charge in [0.05, 0.1) is 35.7 Å². The summed E-state index contributed by atoms with van der Waals surface area (Å²) in [6.45, 7) is 0. The lowest BCUT2D eigenvalue weighted by Crippen LogP contribution is -2.00. The van der Waals surface area contributed by atoms with Crippen LogP contribution in [-0.4, -0.2) is 9.55 Å². The Hall–Kier alpha value is -0.370. The monoisotopic (exact) mass is 498 g/mol. The minimum Gasteiger partial charge on any atom is -0.294 e. The first kappa shape index (κ1) is 15.5. The maximum atomic E-state index is 13.9. The predicted molar refractivity (Wildman–Crippen MR) is 96.0 cm³/mol. The molecule has 3 rings (SSSR count). The van der Waals surface area contributed by atoms with E-state index in [4.69, 9.17) is 23.2 Å². The van der Waals surface area contributed by atoms with Crippen molar-refractivity contribution in [1.82, 2.24) is 9.55 Å². The van der Waals surface area contributed by atoms with E-state index in [1.807, 2.05) is 39.3 Å². The smallest absolute Gasteiger partial charge is 0.138 e. The van der Waals surface area contributed by atoms with E-state index in [2.05, 4.69) is 20.9 Å². The number of fused-ring (bicyclic) bond motifs is 1. The van der Waals surface area contributed by atoms with Crippen LogP contribution in [0.4, 0.5) is 4.39 Å². The molecule has 2 nitrogen and oxygen atoms in total. The highest BCUT2D eigenvalue weighted by Gasteiger charge is 2.17. The van der Waals surface area contributed by atoms with E-state index in [-0.39, 0.29) is 11.7 Å². The highest BCUT2D eigenvalue weighted by atomic mass is 127. The minimum absolute atomic E-state index is 0.214. The van der Waals surface area contributed by atoms with E-state index in [0.717, 1.165) is 10.2 Å². The van der Waals surface area contributed by atoms with Crippen LogP contribution < -0.4 is 0 Å². The van der Waals surface area contributed by atoms with Crippen molar-refractivity contribution in [3.63, 3.8) is 0 Å². The van der Waals surface area contributed by atoms with Gasteiger partial charge in [0.2, 0.25) is 0 Å². The molecule has 0 bridgehead atoms. The highest BCUT2D eigenvalue weighted by Crippen LogP contribution is 2.33. The van der Waals surface area contributed by atoms with Gasteiger partial charge >= 0.3 is 0 Å². The summed E-state index contributed by atoms with van der Waals surface area (Å²) in [4.78, 5) is 4.48. The fourth-order valence-corrected chi connectivity index (χ4v) is 3.39. The second kappa shape index (κ2) is 6.02. The molecule has 0 saturated carbocycles. The van der Waals surface area contributed by atoms with E-state index < -0.39 is 0 Å². The van der Waals surface area contributed by atoms with Gasteiger partial charge in [-0.2, -0.15) is 0 Å². The van der Waals surface area contributed by atoms with Crippen molar-refractivity contribution >= 4 is 72.8 Å². The normalized spacial score (nSPS) is 11.3. The van der Waals surface area contributed by atoms with Crippen LogP contribution in [0.25, 0.3) is 16.7 Å². The molecule has 0 amide bonds. The molecule has 0 atom stereocenters. The standard InChI is InChI=1S/C14H7BrCl2FIN2/c15-14-7(17)2-1-3-11(14)21-12-4-8(18)9(19)5-10(12)20-13(21)6-16/h1-5H,6H2. The third kappa shape index (κ3) is 2.69. The second-order valence-corrected chi connectivity index (χ2v) is 6.95. The van der Waals surface area contributed by atoms with Crippen LogP contribution in [0.5, 0.6) is 0 Å². The average molecular weight is 500 g/mol. The Morgan fingerprint density at radius 2 is 2.10 bits per heavy atom. The van der Waals surface area contributed by atoms with Crippen molar-refractivity contribution in [3.8, 4) is 5.69 Å². The number of alkyl halides is 1. The zero-order chi connectivity index (χ0) is 15.1. The summed E-state index contributed by atoms with van der Waals surface area (Å²) in [5.74, 6) is 0.561. The Kier molecular flexibility index (Phi) is 4.45. The van der Waals surface area contributed by atoms with Crippen molar-refractivity contribution in [1.29, 1.82) is 0 Å². The molecule has 21 heavy (non-hydrogen) atoms. The number of rotatable bonds is 2. The van der Waals surface area contributed by atoms with Gasteiger partial charge in [-0.15, -0.1) is 11.6 Å². The quantitative estimate of drug-likeness (QED) is 0.316. The number of imidazole rings is 1. The molecule has 0 unspecified atom stereocenters. The molecule has 0 radical (unpaired) electrons. The van der Waals surface area contributed by atoms with Gasteiger partial charge in [0, 0.05) is 6.07 Å². The topological polar surface area (TPSA) is 17.8 Å². The zero-order valence-electron chi connectivity index (χ0n) is 10.4. The van der Waals surface area contributed by atoms with Crippen LogP contribution in [0.2, 0.25) is 5.02 Å². The van der Waals surface area contributed by atoms with Gasteiger partial charge in [-0.3, -0.25) is 4.57 Å². The molecule has 0 spiro atoms. The molecule has 0 saturated heterocycles. The predicted octanol–water partition coefficient (Wildman–Crippen LogP) is 5.92. The number of hydrogen-bond donors (Lipinski definition) is 0. The number of benzene rings is 2. The van der Waals surface area contributed by atoms with E-state index in [0.29, 0.717) is 25.5 Å². The Morgan fingerprint density at radius 3 is 2.81 bits per heavy atom. The fourth-order valence-electron chi connectivity index (χ4n) is 2.15. The van der Waals surface area contributed by atoms with Gasteiger partial charge in [-0.1, -0.05) is 17.7 Å². The molecule has 0 aliphatic carbocycles. The van der Waals surface area contributed by atoms with Crippen LogP contribution >= 0.6 is 61.7 Å². The lowest BCUT2D eigenvalue weighted by Gasteiger charge is -2.11. The average Bonchev–Trinajstić information content (AvgIpc) is 2.80. The first-order valence-electron chi connectivity index (χ1n) is 5.89. The molecule has 2 aromatic carbocycles. The molecule has 0 N–H and O–H groups in total. The van der Waals surface area contributed by atoms with Crippen LogP contribution in [0.1, 0.15) is 5.82 Å². The molecular weight excluding hydrogens is 493 g/mol. The summed E-state index contributed by atoms with van der Waals surface area (Å²) in [5, 5.41) is 0.570. The summed E-state index contributed by atoms with van der Waals surface area (Å²) in [5.41, 5.74) is 2.14. The number of nitrogens with zero attached hydrogens (tertiary/aromatic N) is 2. The third-order valence-corrected chi connectivity index (χ3v) is 5.50. The summed E-state index contributed by atoms with van der Waals surface area (Å²) in [7, 11) is 0. The maximum Gasteiger partial charge on any atom is 0.138 e. The highest BCUT2D eigenvalue weighted by molar-refractivity contribution is 14.1. The van der Waals surface area contributed by atoms with Crippen LogP contribution in [-0.2, 0) is 5.88 Å². The van der Waals surface area contributed by atoms with Crippen molar-refractivity contribution in [2.24, 2.45) is 0 Å². The van der Waals surface area contributed by atoms with Gasteiger partial charge in [0.1, 0.15) is 11.6 Å². The van der Waals surface area contributed by atoms with Crippen LogP contribution in [0.15, 0.2) is 34.8 Å².